The molecule has 1 saturated heterocycles. The summed E-state index contributed by atoms with van der Waals surface area (Å²) in [5.41, 5.74) is 2.34. The van der Waals surface area contributed by atoms with Crippen molar-refractivity contribution in [2.24, 2.45) is 5.92 Å². The van der Waals surface area contributed by atoms with Gasteiger partial charge >= 0.3 is 0 Å². The van der Waals surface area contributed by atoms with Crippen LogP contribution in [-0.2, 0) is 16.1 Å². The van der Waals surface area contributed by atoms with E-state index >= 15 is 0 Å². The fourth-order valence-electron chi connectivity index (χ4n) is 3.11. The number of carbonyl (C=O) groups is 2. The molecule has 26 heavy (non-hydrogen) atoms. The molecule has 1 unspecified atom stereocenters. The normalized spacial score (nSPS) is 16.4. The molecule has 1 aliphatic rings. The first-order chi connectivity index (χ1) is 12.5. The molecule has 0 N–H and O–H groups in total. The van der Waals surface area contributed by atoms with Crippen molar-refractivity contribution in [3.05, 3.63) is 64.1 Å². The lowest BCUT2D eigenvalue weighted by Gasteiger charge is -2.21. The molecule has 5 nitrogen and oxygen atoms in total. The predicted molar refractivity (Wildman–Crippen MR) is 102 cm³/mol. The highest BCUT2D eigenvalue weighted by atomic mass is 79.9. The zero-order chi connectivity index (χ0) is 18.7. The first-order valence-electron chi connectivity index (χ1n) is 8.28. The third-order valence-corrected chi connectivity index (χ3v) is 4.97. The lowest BCUT2D eigenvalue weighted by atomic mass is 10.1. The van der Waals surface area contributed by atoms with Gasteiger partial charge in [-0.1, -0.05) is 34.1 Å². The molecule has 1 fully saturated rings. The number of anilines is 1. The lowest BCUT2D eigenvalue weighted by Crippen LogP contribution is -2.34. The second-order valence-electron chi connectivity index (χ2n) is 6.39. The van der Waals surface area contributed by atoms with Crippen LogP contribution in [0.3, 0.4) is 0 Å². The number of nitriles is 1. The first-order valence-corrected chi connectivity index (χ1v) is 9.07. The summed E-state index contributed by atoms with van der Waals surface area (Å²) in [6.45, 7) is 0.845. The summed E-state index contributed by atoms with van der Waals surface area (Å²) in [5, 5.41) is 8.85. The predicted octanol–water partition coefficient (Wildman–Crippen LogP) is 3.33. The molecular formula is C20H18BrN3O2. The number of benzene rings is 2. The fraction of sp³-hybridized carbons (Fsp3) is 0.250. The molecule has 2 aromatic carbocycles. The van der Waals surface area contributed by atoms with Crippen LogP contribution in [0.4, 0.5) is 5.69 Å². The Hall–Kier alpha value is -2.65. The van der Waals surface area contributed by atoms with E-state index in [-0.39, 0.29) is 24.2 Å². The number of rotatable bonds is 4. The van der Waals surface area contributed by atoms with E-state index < -0.39 is 0 Å². The SMILES string of the molecule is CN(Cc1ccc(C#N)cc1)C(=O)C1CC(=O)N(c2cccc(Br)c2)C1. The van der Waals surface area contributed by atoms with E-state index in [0.717, 1.165) is 15.7 Å². The number of amides is 2. The molecule has 0 saturated carbocycles. The second-order valence-corrected chi connectivity index (χ2v) is 7.30. The monoisotopic (exact) mass is 411 g/mol. The zero-order valence-electron chi connectivity index (χ0n) is 14.4. The Morgan fingerprint density at radius 3 is 2.69 bits per heavy atom. The summed E-state index contributed by atoms with van der Waals surface area (Å²) in [4.78, 5) is 28.4. The van der Waals surface area contributed by atoms with Crippen LogP contribution in [0.15, 0.2) is 53.0 Å². The minimum atomic E-state index is -0.343. The van der Waals surface area contributed by atoms with Crippen LogP contribution in [0.2, 0.25) is 0 Å². The molecule has 1 heterocycles. The van der Waals surface area contributed by atoms with Crippen molar-refractivity contribution in [1.29, 1.82) is 5.26 Å². The van der Waals surface area contributed by atoms with E-state index in [2.05, 4.69) is 22.0 Å². The summed E-state index contributed by atoms with van der Waals surface area (Å²) in [6.07, 6.45) is 0.225. The van der Waals surface area contributed by atoms with Crippen molar-refractivity contribution in [3.63, 3.8) is 0 Å². The molecule has 1 aliphatic heterocycles. The van der Waals surface area contributed by atoms with Gasteiger partial charge < -0.3 is 9.80 Å². The number of hydrogen-bond acceptors (Lipinski definition) is 3. The summed E-state index contributed by atoms with van der Waals surface area (Å²) in [6, 6.07) is 16.8. The molecule has 0 spiro atoms. The third kappa shape index (κ3) is 3.94. The molecule has 0 bridgehead atoms. The molecule has 2 aromatic rings. The van der Waals surface area contributed by atoms with Gasteiger partial charge in [-0.15, -0.1) is 0 Å². The van der Waals surface area contributed by atoms with E-state index in [1.54, 1.807) is 29.0 Å². The van der Waals surface area contributed by atoms with Gasteiger partial charge in [0.2, 0.25) is 11.8 Å². The molecule has 6 heteroatoms. The maximum Gasteiger partial charge on any atom is 0.228 e. The molecule has 0 aromatic heterocycles. The first kappa shape index (κ1) is 18.2. The summed E-state index contributed by atoms with van der Waals surface area (Å²) >= 11 is 3.41. The van der Waals surface area contributed by atoms with Gasteiger partial charge in [0.15, 0.2) is 0 Å². The van der Waals surface area contributed by atoms with Crippen LogP contribution in [0.1, 0.15) is 17.5 Å². The van der Waals surface area contributed by atoms with E-state index in [1.807, 2.05) is 36.4 Å². The minimum absolute atomic E-state index is 0.0341. The molecule has 132 valence electrons. The Morgan fingerprint density at radius 1 is 1.31 bits per heavy atom. The maximum absolute atomic E-state index is 12.7. The van der Waals surface area contributed by atoms with E-state index in [4.69, 9.17) is 5.26 Å². The van der Waals surface area contributed by atoms with Crippen molar-refractivity contribution < 1.29 is 9.59 Å². The Kier molecular flexibility index (Phi) is 5.38. The van der Waals surface area contributed by atoms with Crippen LogP contribution in [0.5, 0.6) is 0 Å². The standard InChI is InChI=1S/C20H18BrN3O2/c1-23(12-15-7-5-14(11-22)6-8-15)20(26)16-9-19(25)24(13-16)18-4-2-3-17(21)10-18/h2-8,10,16H,9,12-13H2,1H3. The highest BCUT2D eigenvalue weighted by Gasteiger charge is 2.36. The molecule has 0 radical (unpaired) electrons. The summed E-state index contributed by atoms with van der Waals surface area (Å²) < 4.78 is 0.899. The van der Waals surface area contributed by atoms with Crippen LogP contribution in [0, 0.1) is 17.2 Å². The van der Waals surface area contributed by atoms with Crippen molar-refractivity contribution in [1.82, 2.24) is 4.90 Å². The van der Waals surface area contributed by atoms with Crippen molar-refractivity contribution in [2.45, 2.75) is 13.0 Å². The Balaban J connectivity index is 1.66. The second kappa shape index (κ2) is 7.71. The average molecular weight is 412 g/mol. The van der Waals surface area contributed by atoms with Crippen LogP contribution < -0.4 is 4.90 Å². The summed E-state index contributed by atoms with van der Waals surface area (Å²) in [7, 11) is 1.74. The van der Waals surface area contributed by atoms with Crippen molar-refractivity contribution >= 4 is 33.4 Å². The largest absolute Gasteiger partial charge is 0.341 e. The molecule has 0 aliphatic carbocycles. The van der Waals surface area contributed by atoms with Gasteiger partial charge in [0.25, 0.3) is 0 Å². The topological polar surface area (TPSA) is 64.4 Å². The number of hydrogen-bond donors (Lipinski definition) is 0. The van der Waals surface area contributed by atoms with Gasteiger partial charge in [0.1, 0.15) is 0 Å². The zero-order valence-corrected chi connectivity index (χ0v) is 15.9. The lowest BCUT2D eigenvalue weighted by molar-refractivity contribution is -0.135. The van der Waals surface area contributed by atoms with Gasteiger partial charge in [-0.2, -0.15) is 5.26 Å². The van der Waals surface area contributed by atoms with Gasteiger partial charge in [-0.05, 0) is 35.9 Å². The maximum atomic E-state index is 12.7. The van der Waals surface area contributed by atoms with Crippen LogP contribution in [0.25, 0.3) is 0 Å². The molecule has 1 atom stereocenters. The van der Waals surface area contributed by atoms with E-state index in [0.29, 0.717) is 18.7 Å². The fourth-order valence-corrected chi connectivity index (χ4v) is 3.50. The highest BCUT2D eigenvalue weighted by molar-refractivity contribution is 9.10. The van der Waals surface area contributed by atoms with Gasteiger partial charge in [-0.25, -0.2) is 0 Å². The Bertz CT molecular complexity index is 873. The summed E-state index contributed by atoms with van der Waals surface area (Å²) in [5.74, 6) is -0.418. The van der Waals surface area contributed by atoms with Gasteiger partial charge in [0.05, 0.1) is 17.6 Å². The van der Waals surface area contributed by atoms with Crippen LogP contribution in [-0.4, -0.2) is 30.3 Å². The molecule has 3 rings (SSSR count). The van der Waals surface area contributed by atoms with Gasteiger partial charge in [-0.3, -0.25) is 9.59 Å². The van der Waals surface area contributed by atoms with Gasteiger partial charge in [0, 0.05) is 36.7 Å². The molecular weight excluding hydrogens is 394 g/mol. The average Bonchev–Trinajstić information content (AvgIpc) is 3.03. The third-order valence-electron chi connectivity index (χ3n) is 4.47. The minimum Gasteiger partial charge on any atom is -0.341 e. The molecule has 2 amide bonds. The van der Waals surface area contributed by atoms with Crippen molar-refractivity contribution in [2.75, 3.05) is 18.5 Å². The van der Waals surface area contributed by atoms with E-state index in [1.165, 1.54) is 0 Å². The Morgan fingerprint density at radius 2 is 2.04 bits per heavy atom. The number of halogens is 1. The smallest absolute Gasteiger partial charge is 0.228 e. The highest BCUT2D eigenvalue weighted by Crippen LogP contribution is 2.28. The van der Waals surface area contributed by atoms with Crippen molar-refractivity contribution in [3.8, 4) is 6.07 Å². The Labute approximate surface area is 161 Å². The number of carbonyl (C=O) groups excluding carboxylic acids is 2. The van der Waals surface area contributed by atoms with Crippen LogP contribution >= 0.6 is 15.9 Å². The quantitative estimate of drug-likeness (QED) is 0.774. The number of nitrogens with zero attached hydrogens (tertiary/aromatic N) is 3. The van der Waals surface area contributed by atoms with E-state index in [9.17, 15) is 9.59 Å².